The molecule has 0 saturated carbocycles. The summed E-state index contributed by atoms with van der Waals surface area (Å²) in [7, 11) is 3.16. The topological polar surface area (TPSA) is 77.5 Å². The van der Waals surface area contributed by atoms with E-state index < -0.39 is 5.92 Å². The van der Waals surface area contributed by atoms with Crippen LogP contribution in [0, 0.1) is 11.3 Å². The molecule has 5 nitrogen and oxygen atoms in total. The summed E-state index contributed by atoms with van der Waals surface area (Å²) in [6, 6.07) is 17.9. The molecule has 0 saturated heterocycles. The van der Waals surface area contributed by atoms with Crippen LogP contribution in [0.2, 0.25) is 0 Å². The second-order valence-electron chi connectivity index (χ2n) is 6.36. The van der Waals surface area contributed by atoms with E-state index in [9.17, 15) is 5.26 Å². The number of allylic oxidation sites excluding steroid dienone is 1. The third kappa shape index (κ3) is 2.76. The predicted molar refractivity (Wildman–Crippen MR) is 110 cm³/mol. The zero-order valence-electron chi connectivity index (χ0n) is 15.3. The van der Waals surface area contributed by atoms with Crippen molar-refractivity contribution in [3.05, 3.63) is 75.6 Å². The number of benzene rings is 3. The van der Waals surface area contributed by atoms with E-state index in [1.165, 1.54) is 0 Å². The number of nitrogens with zero attached hydrogens (tertiary/aromatic N) is 1. The molecule has 2 N–H and O–H groups in total. The summed E-state index contributed by atoms with van der Waals surface area (Å²) in [4.78, 5) is 0. The third-order valence-corrected chi connectivity index (χ3v) is 5.49. The van der Waals surface area contributed by atoms with Gasteiger partial charge in [-0.25, -0.2) is 0 Å². The van der Waals surface area contributed by atoms with Crippen LogP contribution in [-0.4, -0.2) is 14.2 Å². The molecule has 0 aromatic heterocycles. The normalized spacial score (nSPS) is 15.6. The van der Waals surface area contributed by atoms with E-state index >= 15 is 0 Å². The van der Waals surface area contributed by atoms with Crippen LogP contribution in [0.4, 0.5) is 0 Å². The van der Waals surface area contributed by atoms with Gasteiger partial charge in [-0.05, 0) is 50.5 Å². The molecule has 1 atom stereocenters. The number of ether oxygens (including phenoxy) is 3. The fourth-order valence-electron chi connectivity index (χ4n) is 3.68. The SMILES string of the molecule is COc1cc(C2C(C#N)=C(N)Oc3ccc4ccccc4c32)cc(Br)c1OC. The number of methoxy groups -OCH3 is 2. The van der Waals surface area contributed by atoms with Crippen molar-refractivity contribution in [2.24, 2.45) is 5.73 Å². The Morgan fingerprint density at radius 1 is 1.11 bits per heavy atom. The Bertz CT molecular complexity index is 1160. The van der Waals surface area contributed by atoms with Gasteiger partial charge < -0.3 is 19.9 Å². The zero-order chi connectivity index (χ0) is 19.8. The van der Waals surface area contributed by atoms with Gasteiger partial charge in [-0.2, -0.15) is 5.26 Å². The van der Waals surface area contributed by atoms with Crippen molar-refractivity contribution in [1.29, 1.82) is 5.26 Å². The smallest absolute Gasteiger partial charge is 0.205 e. The first kappa shape index (κ1) is 18.2. The van der Waals surface area contributed by atoms with Gasteiger partial charge in [0.05, 0.1) is 24.6 Å². The lowest BCUT2D eigenvalue weighted by molar-refractivity contribution is 0.352. The minimum Gasteiger partial charge on any atom is -0.493 e. The molecule has 4 rings (SSSR count). The molecule has 1 heterocycles. The molecule has 0 aliphatic carbocycles. The lowest BCUT2D eigenvalue weighted by atomic mass is 9.81. The molecule has 3 aromatic carbocycles. The maximum absolute atomic E-state index is 9.85. The average Bonchev–Trinajstić information content (AvgIpc) is 2.71. The highest BCUT2D eigenvalue weighted by atomic mass is 79.9. The highest BCUT2D eigenvalue weighted by molar-refractivity contribution is 9.10. The number of fused-ring (bicyclic) bond motifs is 3. The fourth-order valence-corrected chi connectivity index (χ4v) is 4.30. The second kappa shape index (κ2) is 7.10. The molecule has 6 heteroatoms. The van der Waals surface area contributed by atoms with Gasteiger partial charge in [-0.1, -0.05) is 30.3 Å². The van der Waals surface area contributed by atoms with Gasteiger partial charge in [0.1, 0.15) is 17.4 Å². The van der Waals surface area contributed by atoms with Gasteiger partial charge in [0.2, 0.25) is 5.88 Å². The first-order valence-electron chi connectivity index (χ1n) is 8.59. The quantitative estimate of drug-likeness (QED) is 0.635. The van der Waals surface area contributed by atoms with Gasteiger partial charge >= 0.3 is 0 Å². The zero-order valence-corrected chi connectivity index (χ0v) is 16.9. The molecule has 0 bridgehead atoms. The number of halogens is 1. The monoisotopic (exact) mass is 436 g/mol. The molecule has 0 amide bonds. The molecule has 0 spiro atoms. The summed E-state index contributed by atoms with van der Waals surface area (Å²) in [5, 5.41) is 11.9. The summed E-state index contributed by atoms with van der Waals surface area (Å²) >= 11 is 3.55. The van der Waals surface area contributed by atoms with Crippen LogP contribution in [0.25, 0.3) is 10.8 Å². The molecule has 3 aromatic rings. The van der Waals surface area contributed by atoms with E-state index in [1.54, 1.807) is 14.2 Å². The van der Waals surface area contributed by atoms with Crippen molar-refractivity contribution in [1.82, 2.24) is 0 Å². The molecule has 140 valence electrons. The Kier molecular flexibility index (Phi) is 4.62. The minimum absolute atomic E-state index is 0.112. The number of rotatable bonds is 3. The Morgan fingerprint density at radius 2 is 1.89 bits per heavy atom. The van der Waals surface area contributed by atoms with Gasteiger partial charge in [-0.15, -0.1) is 0 Å². The van der Waals surface area contributed by atoms with Gasteiger partial charge in [0.15, 0.2) is 11.5 Å². The maximum atomic E-state index is 9.85. The van der Waals surface area contributed by atoms with Crippen molar-refractivity contribution >= 4 is 26.7 Å². The maximum Gasteiger partial charge on any atom is 0.205 e. The average molecular weight is 437 g/mol. The standard InChI is InChI=1S/C22H17BrN2O3/c1-26-18-10-13(9-16(23)21(18)27-2)19-15(11-24)22(25)28-17-8-7-12-5-3-4-6-14(12)20(17)19/h3-10,19H,25H2,1-2H3. The van der Waals surface area contributed by atoms with Gasteiger partial charge in [0.25, 0.3) is 0 Å². The fraction of sp³-hybridized carbons (Fsp3) is 0.136. The Labute approximate surface area is 171 Å². The summed E-state index contributed by atoms with van der Waals surface area (Å²) in [5.41, 5.74) is 8.23. The second-order valence-corrected chi connectivity index (χ2v) is 7.22. The Balaban J connectivity index is 2.05. The molecule has 1 aliphatic heterocycles. The van der Waals surface area contributed by atoms with E-state index in [0.29, 0.717) is 22.8 Å². The van der Waals surface area contributed by atoms with Crippen molar-refractivity contribution < 1.29 is 14.2 Å². The molecular formula is C22H17BrN2O3. The molecule has 1 unspecified atom stereocenters. The van der Waals surface area contributed by atoms with Crippen LogP contribution in [0.1, 0.15) is 17.0 Å². The summed E-state index contributed by atoms with van der Waals surface area (Å²) in [6.07, 6.45) is 0. The number of nitrogens with two attached hydrogens (primary N) is 1. The molecular weight excluding hydrogens is 420 g/mol. The molecule has 28 heavy (non-hydrogen) atoms. The van der Waals surface area contributed by atoms with Gasteiger partial charge in [0, 0.05) is 5.56 Å². The van der Waals surface area contributed by atoms with E-state index in [0.717, 1.165) is 26.4 Å². The lowest BCUT2D eigenvalue weighted by Gasteiger charge is -2.28. The first-order chi connectivity index (χ1) is 13.6. The molecule has 0 fully saturated rings. The van der Waals surface area contributed by atoms with E-state index in [4.69, 9.17) is 19.9 Å². The number of hydrogen-bond acceptors (Lipinski definition) is 5. The van der Waals surface area contributed by atoms with Gasteiger partial charge in [-0.3, -0.25) is 0 Å². The van der Waals surface area contributed by atoms with Crippen LogP contribution in [-0.2, 0) is 0 Å². The van der Waals surface area contributed by atoms with E-state index in [1.807, 2.05) is 48.5 Å². The number of hydrogen-bond donors (Lipinski definition) is 1. The van der Waals surface area contributed by atoms with Crippen LogP contribution in [0.3, 0.4) is 0 Å². The summed E-state index contributed by atoms with van der Waals surface area (Å²) in [5.74, 6) is 1.52. The number of nitriles is 1. The molecule has 1 aliphatic rings. The van der Waals surface area contributed by atoms with E-state index in [-0.39, 0.29) is 5.88 Å². The van der Waals surface area contributed by atoms with Crippen LogP contribution in [0.5, 0.6) is 17.2 Å². The van der Waals surface area contributed by atoms with Crippen molar-refractivity contribution in [2.75, 3.05) is 14.2 Å². The molecule has 0 radical (unpaired) electrons. The predicted octanol–water partition coefficient (Wildman–Crippen LogP) is 4.84. The summed E-state index contributed by atoms with van der Waals surface area (Å²) < 4.78 is 17.5. The Hall–Kier alpha value is -3.17. The highest BCUT2D eigenvalue weighted by Gasteiger charge is 2.33. The van der Waals surface area contributed by atoms with Crippen LogP contribution < -0.4 is 19.9 Å². The van der Waals surface area contributed by atoms with Crippen molar-refractivity contribution in [2.45, 2.75) is 5.92 Å². The van der Waals surface area contributed by atoms with E-state index in [2.05, 4.69) is 22.0 Å². The van der Waals surface area contributed by atoms with Crippen molar-refractivity contribution in [3.63, 3.8) is 0 Å². The Morgan fingerprint density at radius 3 is 2.61 bits per heavy atom. The highest BCUT2D eigenvalue weighted by Crippen LogP contribution is 2.48. The summed E-state index contributed by atoms with van der Waals surface area (Å²) in [6.45, 7) is 0. The van der Waals surface area contributed by atoms with Crippen LogP contribution in [0.15, 0.2) is 64.5 Å². The van der Waals surface area contributed by atoms with Crippen molar-refractivity contribution in [3.8, 4) is 23.3 Å². The largest absolute Gasteiger partial charge is 0.493 e. The minimum atomic E-state index is -0.393. The first-order valence-corrected chi connectivity index (χ1v) is 9.39. The third-order valence-electron chi connectivity index (χ3n) is 4.90. The van der Waals surface area contributed by atoms with Crippen LogP contribution >= 0.6 is 15.9 Å². The lowest BCUT2D eigenvalue weighted by Crippen LogP contribution is -2.21.